The second-order valence-corrected chi connectivity index (χ2v) is 5.41. The number of aryl methyl sites for hydroxylation is 1. The smallest absolute Gasteiger partial charge is 0.227 e. The number of nitrogens with zero attached hydrogens (tertiary/aromatic N) is 2. The minimum absolute atomic E-state index is 0.0561. The van der Waals surface area contributed by atoms with Gasteiger partial charge < -0.3 is 14.2 Å². The van der Waals surface area contributed by atoms with E-state index in [0.717, 1.165) is 11.3 Å². The van der Waals surface area contributed by atoms with Crippen LogP contribution in [0.2, 0.25) is 5.02 Å². The fourth-order valence-electron chi connectivity index (χ4n) is 2.12. The Bertz CT molecular complexity index is 637. The highest BCUT2D eigenvalue weighted by atomic mass is 35.5. The van der Waals surface area contributed by atoms with E-state index in [2.05, 4.69) is 0 Å². The van der Waals surface area contributed by atoms with E-state index in [-0.39, 0.29) is 5.91 Å². The van der Waals surface area contributed by atoms with E-state index in [4.69, 9.17) is 16.3 Å². The Morgan fingerprint density at radius 3 is 2.76 bits per heavy atom. The van der Waals surface area contributed by atoms with Crippen LogP contribution < -0.4 is 4.74 Å². The number of ether oxygens (including phenoxy) is 1. The van der Waals surface area contributed by atoms with Gasteiger partial charge in [-0.3, -0.25) is 4.79 Å². The summed E-state index contributed by atoms with van der Waals surface area (Å²) in [5.41, 5.74) is 1.99. The Morgan fingerprint density at radius 1 is 1.38 bits per heavy atom. The third kappa shape index (κ3) is 3.79. The first kappa shape index (κ1) is 15.4. The van der Waals surface area contributed by atoms with Crippen molar-refractivity contribution < 1.29 is 9.53 Å². The molecule has 112 valence electrons. The van der Waals surface area contributed by atoms with Crippen molar-refractivity contribution in [1.29, 1.82) is 0 Å². The number of hydrogen-bond donors (Lipinski definition) is 0. The molecule has 0 aliphatic heterocycles. The maximum absolute atomic E-state index is 12.3. The molecule has 0 atom stereocenters. The third-order valence-corrected chi connectivity index (χ3v) is 3.76. The van der Waals surface area contributed by atoms with Crippen molar-refractivity contribution in [3.63, 3.8) is 0 Å². The fourth-order valence-corrected chi connectivity index (χ4v) is 2.31. The van der Waals surface area contributed by atoms with Gasteiger partial charge in [-0.15, -0.1) is 0 Å². The molecule has 4 nitrogen and oxygen atoms in total. The van der Waals surface area contributed by atoms with Gasteiger partial charge in [-0.25, -0.2) is 0 Å². The molecule has 0 bridgehead atoms. The van der Waals surface area contributed by atoms with E-state index >= 15 is 0 Å². The molecule has 0 spiro atoms. The summed E-state index contributed by atoms with van der Waals surface area (Å²) in [5.74, 6) is 0.646. The normalized spacial score (nSPS) is 10.5. The predicted molar refractivity (Wildman–Crippen MR) is 83.6 cm³/mol. The van der Waals surface area contributed by atoms with Crippen molar-refractivity contribution in [3.05, 3.63) is 52.8 Å². The van der Waals surface area contributed by atoms with Gasteiger partial charge in [0.2, 0.25) is 5.91 Å². The topological polar surface area (TPSA) is 34.5 Å². The number of carbonyl (C=O) groups excluding carboxylic acids is 1. The van der Waals surface area contributed by atoms with Crippen LogP contribution >= 0.6 is 11.6 Å². The minimum Gasteiger partial charge on any atom is -0.495 e. The average molecular weight is 307 g/mol. The largest absolute Gasteiger partial charge is 0.495 e. The highest BCUT2D eigenvalue weighted by Crippen LogP contribution is 2.25. The van der Waals surface area contributed by atoms with E-state index in [1.807, 2.05) is 43.1 Å². The van der Waals surface area contributed by atoms with E-state index in [1.54, 1.807) is 24.1 Å². The molecule has 1 heterocycles. The van der Waals surface area contributed by atoms with Gasteiger partial charge in [0.1, 0.15) is 5.75 Å². The zero-order valence-corrected chi connectivity index (χ0v) is 13.2. The molecule has 0 aliphatic rings. The summed E-state index contributed by atoms with van der Waals surface area (Å²) in [6.07, 6.45) is 2.30. The van der Waals surface area contributed by atoms with E-state index in [0.29, 0.717) is 23.7 Å². The molecule has 2 rings (SSSR count). The molecule has 0 radical (unpaired) electrons. The summed E-state index contributed by atoms with van der Waals surface area (Å²) < 4.78 is 7.18. The molecular formula is C16H19ClN2O2. The fraction of sp³-hybridized carbons (Fsp3) is 0.312. The lowest BCUT2D eigenvalue weighted by molar-refractivity contribution is -0.129. The molecule has 1 aromatic carbocycles. The van der Waals surface area contributed by atoms with Gasteiger partial charge in [-0.1, -0.05) is 17.7 Å². The summed E-state index contributed by atoms with van der Waals surface area (Å²) >= 11 is 5.98. The number of hydrogen-bond acceptors (Lipinski definition) is 2. The van der Waals surface area contributed by atoms with Crippen molar-refractivity contribution in [2.24, 2.45) is 7.05 Å². The lowest BCUT2D eigenvalue weighted by Gasteiger charge is -2.18. The molecule has 0 unspecified atom stereocenters. The molecular weight excluding hydrogens is 288 g/mol. The number of halogens is 1. The van der Waals surface area contributed by atoms with Gasteiger partial charge in [0.15, 0.2) is 0 Å². The van der Waals surface area contributed by atoms with Crippen LogP contribution in [-0.2, 0) is 24.8 Å². The Balaban J connectivity index is 2.02. The first-order chi connectivity index (χ1) is 10.0. The van der Waals surface area contributed by atoms with Crippen molar-refractivity contribution in [2.45, 2.75) is 13.0 Å². The number of rotatable bonds is 5. The molecule has 0 saturated carbocycles. The van der Waals surface area contributed by atoms with Crippen LogP contribution in [0.3, 0.4) is 0 Å². The van der Waals surface area contributed by atoms with Gasteiger partial charge in [-0.05, 0) is 29.8 Å². The van der Waals surface area contributed by atoms with E-state index in [9.17, 15) is 4.79 Å². The van der Waals surface area contributed by atoms with Crippen LogP contribution in [0.1, 0.15) is 11.3 Å². The second kappa shape index (κ2) is 6.68. The van der Waals surface area contributed by atoms with Gasteiger partial charge >= 0.3 is 0 Å². The van der Waals surface area contributed by atoms with Crippen molar-refractivity contribution in [2.75, 3.05) is 14.2 Å². The maximum Gasteiger partial charge on any atom is 0.227 e. The summed E-state index contributed by atoms with van der Waals surface area (Å²) in [6.45, 7) is 0.590. The highest BCUT2D eigenvalue weighted by molar-refractivity contribution is 6.32. The minimum atomic E-state index is 0.0561. The SMILES string of the molecule is COc1cc(CC(=O)N(C)Cc2cccn2C)ccc1Cl. The van der Waals surface area contributed by atoms with Crippen molar-refractivity contribution in [3.8, 4) is 5.75 Å². The number of likely N-dealkylation sites (N-methyl/N-ethyl adjacent to an activating group) is 1. The molecule has 1 amide bonds. The zero-order chi connectivity index (χ0) is 15.4. The summed E-state index contributed by atoms with van der Waals surface area (Å²) in [7, 11) is 5.34. The first-order valence-corrected chi connectivity index (χ1v) is 7.05. The number of carbonyl (C=O) groups is 1. The number of methoxy groups -OCH3 is 1. The van der Waals surface area contributed by atoms with Crippen LogP contribution in [0.5, 0.6) is 5.75 Å². The monoisotopic (exact) mass is 306 g/mol. The van der Waals surface area contributed by atoms with Crippen molar-refractivity contribution in [1.82, 2.24) is 9.47 Å². The first-order valence-electron chi connectivity index (χ1n) is 6.68. The van der Waals surface area contributed by atoms with Gasteiger partial charge in [0.05, 0.1) is 25.1 Å². The van der Waals surface area contributed by atoms with Crippen LogP contribution in [0.4, 0.5) is 0 Å². The Kier molecular flexibility index (Phi) is 4.91. The van der Waals surface area contributed by atoms with Gasteiger partial charge in [0.25, 0.3) is 0 Å². The zero-order valence-electron chi connectivity index (χ0n) is 12.5. The molecule has 0 N–H and O–H groups in total. The Labute approximate surface area is 129 Å². The molecule has 21 heavy (non-hydrogen) atoms. The molecule has 0 fully saturated rings. The molecule has 2 aromatic rings. The van der Waals surface area contributed by atoms with Crippen LogP contribution in [0.15, 0.2) is 36.5 Å². The summed E-state index contributed by atoms with van der Waals surface area (Å²) in [5, 5.41) is 0.547. The number of amides is 1. The lowest BCUT2D eigenvalue weighted by atomic mass is 10.1. The third-order valence-electron chi connectivity index (χ3n) is 3.45. The van der Waals surface area contributed by atoms with E-state index in [1.165, 1.54) is 0 Å². The average Bonchev–Trinajstić information content (AvgIpc) is 2.86. The molecule has 5 heteroatoms. The standard InChI is InChI=1S/C16H19ClN2O2/c1-18-8-4-5-13(18)11-19(2)16(20)10-12-6-7-14(17)15(9-12)21-3/h4-9H,10-11H2,1-3H3. The predicted octanol–water partition coefficient (Wildman–Crippen LogP) is 2.89. The van der Waals surface area contributed by atoms with Crippen LogP contribution in [0.25, 0.3) is 0 Å². The molecule has 0 saturated heterocycles. The van der Waals surface area contributed by atoms with Crippen LogP contribution in [0, 0.1) is 0 Å². The summed E-state index contributed by atoms with van der Waals surface area (Å²) in [6, 6.07) is 9.38. The van der Waals surface area contributed by atoms with E-state index < -0.39 is 0 Å². The molecule has 0 aliphatic carbocycles. The summed E-state index contributed by atoms with van der Waals surface area (Å²) in [4.78, 5) is 14.0. The molecule has 1 aromatic heterocycles. The quantitative estimate of drug-likeness (QED) is 0.851. The Morgan fingerprint density at radius 2 is 2.14 bits per heavy atom. The Hall–Kier alpha value is -1.94. The van der Waals surface area contributed by atoms with Gasteiger partial charge in [0, 0.05) is 26.0 Å². The maximum atomic E-state index is 12.3. The van der Waals surface area contributed by atoms with Crippen molar-refractivity contribution >= 4 is 17.5 Å². The van der Waals surface area contributed by atoms with Crippen LogP contribution in [-0.4, -0.2) is 29.5 Å². The lowest BCUT2D eigenvalue weighted by Crippen LogP contribution is -2.28. The second-order valence-electron chi connectivity index (χ2n) is 5.01. The highest BCUT2D eigenvalue weighted by Gasteiger charge is 2.12. The number of aromatic nitrogens is 1. The number of benzene rings is 1. The van der Waals surface area contributed by atoms with Gasteiger partial charge in [-0.2, -0.15) is 0 Å².